The molecule has 0 aromatic heterocycles. The van der Waals surface area contributed by atoms with E-state index in [0.717, 1.165) is 11.5 Å². The van der Waals surface area contributed by atoms with Crippen molar-refractivity contribution in [3.63, 3.8) is 0 Å². The topological polar surface area (TPSA) is 12.5 Å². The second-order valence-corrected chi connectivity index (χ2v) is 5.87. The molecule has 2 heteroatoms. The van der Waals surface area contributed by atoms with Gasteiger partial charge in [0.15, 0.2) is 0 Å². The van der Waals surface area contributed by atoms with Gasteiger partial charge in [0.2, 0.25) is 0 Å². The maximum atomic E-state index is 5.35. The highest BCUT2D eigenvalue weighted by atomic mass is 16.5. The maximum absolute atomic E-state index is 5.35. The van der Waals surface area contributed by atoms with Gasteiger partial charge in [-0.3, -0.25) is 0 Å². The predicted octanol–water partition coefficient (Wildman–Crippen LogP) is 2.43. The van der Waals surface area contributed by atoms with Crippen LogP contribution in [0.15, 0.2) is 0 Å². The number of nitrogens with zero attached hydrogens (tertiary/aromatic N) is 1. The molecule has 15 heavy (non-hydrogen) atoms. The molecule has 0 atom stereocenters. The summed E-state index contributed by atoms with van der Waals surface area (Å²) in [6.07, 6.45) is 10.6. The minimum Gasteiger partial charge on any atom is -0.381 e. The van der Waals surface area contributed by atoms with E-state index < -0.39 is 0 Å². The van der Waals surface area contributed by atoms with Gasteiger partial charge < -0.3 is 9.64 Å². The van der Waals surface area contributed by atoms with Crippen molar-refractivity contribution in [2.45, 2.75) is 57.1 Å². The first kappa shape index (κ1) is 10.1. The van der Waals surface area contributed by atoms with Gasteiger partial charge in [-0.05, 0) is 57.0 Å². The Balaban J connectivity index is 1.46. The normalized spacial score (nSPS) is 39.8. The molecule has 0 bridgehead atoms. The van der Waals surface area contributed by atoms with Crippen molar-refractivity contribution in [3.8, 4) is 0 Å². The maximum Gasteiger partial charge on any atom is 0.0601 e. The van der Waals surface area contributed by atoms with Crippen LogP contribution in [0, 0.1) is 5.41 Å². The van der Waals surface area contributed by atoms with Crippen LogP contribution in [-0.2, 0) is 4.74 Å². The first-order valence-electron chi connectivity index (χ1n) is 6.58. The summed E-state index contributed by atoms with van der Waals surface area (Å²) in [5, 5.41) is 0. The molecule has 1 saturated heterocycles. The van der Waals surface area contributed by atoms with Crippen LogP contribution in [0.5, 0.6) is 0 Å². The average molecular weight is 209 g/mol. The zero-order chi connectivity index (χ0) is 10.3. The molecule has 86 valence electrons. The van der Waals surface area contributed by atoms with E-state index >= 15 is 0 Å². The Morgan fingerprint density at radius 3 is 2.20 bits per heavy atom. The number of hydrogen-bond acceptors (Lipinski definition) is 2. The lowest BCUT2D eigenvalue weighted by atomic mass is 9.63. The van der Waals surface area contributed by atoms with Crippen LogP contribution in [0.1, 0.15) is 44.9 Å². The molecular formula is C13H23NO. The fourth-order valence-corrected chi connectivity index (χ4v) is 3.57. The second kappa shape index (κ2) is 3.74. The van der Waals surface area contributed by atoms with Crippen molar-refractivity contribution in [3.05, 3.63) is 0 Å². The molecule has 1 heterocycles. The van der Waals surface area contributed by atoms with Crippen molar-refractivity contribution in [2.75, 3.05) is 20.2 Å². The molecule has 1 spiro atoms. The molecule has 0 N–H and O–H groups in total. The molecule has 3 aliphatic rings. The monoisotopic (exact) mass is 209 g/mol. The number of hydrogen-bond donors (Lipinski definition) is 0. The lowest BCUT2D eigenvalue weighted by molar-refractivity contribution is -0.0568. The van der Waals surface area contributed by atoms with Crippen LogP contribution in [-0.4, -0.2) is 37.2 Å². The molecule has 3 rings (SSSR count). The lowest BCUT2D eigenvalue weighted by Gasteiger charge is -2.52. The molecule has 3 fully saturated rings. The van der Waals surface area contributed by atoms with E-state index in [1.54, 1.807) is 0 Å². The summed E-state index contributed by atoms with van der Waals surface area (Å²) in [7, 11) is 1.85. The summed E-state index contributed by atoms with van der Waals surface area (Å²) in [5.74, 6) is 0. The molecule has 0 amide bonds. The summed E-state index contributed by atoms with van der Waals surface area (Å²) in [6, 6.07) is 0.854. The molecule has 2 saturated carbocycles. The van der Waals surface area contributed by atoms with Gasteiger partial charge in [-0.1, -0.05) is 6.42 Å². The van der Waals surface area contributed by atoms with Crippen LogP contribution in [0.25, 0.3) is 0 Å². The van der Waals surface area contributed by atoms with Crippen molar-refractivity contribution in [1.82, 2.24) is 4.90 Å². The predicted molar refractivity (Wildman–Crippen MR) is 60.9 cm³/mol. The zero-order valence-corrected chi connectivity index (χ0v) is 9.87. The molecule has 2 nitrogen and oxygen atoms in total. The second-order valence-electron chi connectivity index (χ2n) is 5.87. The van der Waals surface area contributed by atoms with Gasteiger partial charge in [-0.15, -0.1) is 0 Å². The standard InChI is InChI=1S/C13H23NO/c1-15-12-9-11(10-12)14-7-5-13(6-8-14)3-2-4-13/h11-12H,2-10H2,1H3. The summed E-state index contributed by atoms with van der Waals surface area (Å²) in [5.41, 5.74) is 0.806. The summed E-state index contributed by atoms with van der Waals surface area (Å²) >= 11 is 0. The first-order chi connectivity index (χ1) is 7.31. The molecule has 0 unspecified atom stereocenters. The van der Waals surface area contributed by atoms with Gasteiger partial charge in [-0.2, -0.15) is 0 Å². The minimum atomic E-state index is 0.564. The van der Waals surface area contributed by atoms with Gasteiger partial charge in [0, 0.05) is 13.2 Å². The minimum absolute atomic E-state index is 0.564. The largest absolute Gasteiger partial charge is 0.381 e. The Morgan fingerprint density at radius 1 is 1.07 bits per heavy atom. The van der Waals surface area contributed by atoms with Crippen LogP contribution in [0.2, 0.25) is 0 Å². The third-order valence-electron chi connectivity index (χ3n) is 5.19. The summed E-state index contributed by atoms with van der Waals surface area (Å²) < 4.78 is 5.35. The fourth-order valence-electron chi connectivity index (χ4n) is 3.57. The molecule has 0 aromatic carbocycles. The van der Waals surface area contributed by atoms with E-state index in [2.05, 4.69) is 4.90 Å². The van der Waals surface area contributed by atoms with E-state index in [-0.39, 0.29) is 0 Å². The first-order valence-corrected chi connectivity index (χ1v) is 6.58. The van der Waals surface area contributed by atoms with E-state index in [0.29, 0.717) is 6.10 Å². The lowest BCUT2D eigenvalue weighted by Crippen LogP contribution is -2.53. The molecule has 0 aromatic rings. The van der Waals surface area contributed by atoms with Crippen molar-refractivity contribution < 1.29 is 4.74 Å². The Hall–Kier alpha value is -0.0800. The van der Waals surface area contributed by atoms with Crippen molar-refractivity contribution in [2.24, 2.45) is 5.41 Å². The van der Waals surface area contributed by atoms with Gasteiger partial charge in [-0.25, -0.2) is 0 Å². The van der Waals surface area contributed by atoms with E-state index in [9.17, 15) is 0 Å². The third kappa shape index (κ3) is 1.72. The highest BCUT2D eigenvalue weighted by molar-refractivity contribution is 4.96. The summed E-state index contributed by atoms with van der Waals surface area (Å²) in [6.45, 7) is 2.72. The van der Waals surface area contributed by atoms with Crippen LogP contribution >= 0.6 is 0 Å². The van der Waals surface area contributed by atoms with Crippen LogP contribution in [0.3, 0.4) is 0 Å². The van der Waals surface area contributed by atoms with Crippen LogP contribution in [0.4, 0.5) is 0 Å². The molecule has 2 aliphatic carbocycles. The number of methoxy groups -OCH3 is 1. The fraction of sp³-hybridized carbons (Fsp3) is 1.00. The summed E-state index contributed by atoms with van der Waals surface area (Å²) in [4.78, 5) is 2.72. The number of likely N-dealkylation sites (tertiary alicyclic amines) is 1. The highest BCUT2D eigenvalue weighted by Crippen LogP contribution is 2.49. The highest BCUT2D eigenvalue weighted by Gasteiger charge is 2.42. The molecule has 0 radical (unpaired) electrons. The van der Waals surface area contributed by atoms with E-state index in [4.69, 9.17) is 4.74 Å². The van der Waals surface area contributed by atoms with Gasteiger partial charge in [0.25, 0.3) is 0 Å². The quantitative estimate of drug-likeness (QED) is 0.692. The van der Waals surface area contributed by atoms with Crippen molar-refractivity contribution >= 4 is 0 Å². The van der Waals surface area contributed by atoms with Gasteiger partial charge in [0.05, 0.1) is 6.10 Å². The van der Waals surface area contributed by atoms with Crippen LogP contribution < -0.4 is 0 Å². The van der Waals surface area contributed by atoms with Gasteiger partial charge >= 0.3 is 0 Å². The Bertz CT molecular complexity index is 221. The van der Waals surface area contributed by atoms with E-state index in [1.807, 2.05) is 7.11 Å². The third-order valence-corrected chi connectivity index (χ3v) is 5.19. The smallest absolute Gasteiger partial charge is 0.0601 e. The Morgan fingerprint density at radius 2 is 1.73 bits per heavy atom. The molecule has 1 aliphatic heterocycles. The zero-order valence-electron chi connectivity index (χ0n) is 9.87. The van der Waals surface area contributed by atoms with Crippen molar-refractivity contribution in [1.29, 1.82) is 0 Å². The van der Waals surface area contributed by atoms with E-state index in [1.165, 1.54) is 58.0 Å². The number of rotatable bonds is 2. The SMILES string of the molecule is COC1CC(N2CCC3(CCC3)CC2)C1. The Kier molecular flexibility index (Phi) is 2.52. The average Bonchev–Trinajstić information content (AvgIpc) is 2.15. The number of ether oxygens (including phenoxy) is 1. The van der Waals surface area contributed by atoms with Gasteiger partial charge in [0.1, 0.15) is 0 Å². The molecular weight excluding hydrogens is 186 g/mol. The Labute approximate surface area is 93.0 Å². The number of piperidine rings is 1.